The fraction of sp³-hybridized carbons (Fsp3) is 0.381. The van der Waals surface area contributed by atoms with Crippen LogP contribution in [0.25, 0.3) is 0 Å². The Hall–Kier alpha value is -2.73. The van der Waals surface area contributed by atoms with Gasteiger partial charge in [0.2, 0.25) is 0 Å². The predicted molar refractivity (Wildman–Crippen MR) is 103 cm³/mol. The number of hydroxylamine groups is 2. The average molecular weight is 366 g/mol. The van der Waals surface area contributed by atoms with Gasteiger partial charge in [0.25, 0.3) is 5.91 Å². The summed E-state index contributed by atoms with van der Waals surface area (Å²) < 4.78 is 0. The molecule has 0 spiro atoms. The molecule has 0 bridgehead atoms. The number of amides is 1. The lowest BCUT2D eigenvalue weighted by Gasteiger charge is -2.44. The van der Waals surface area contributed by atoms with Gasteiger partial charge in [-0.2, -0.15) is 0 Å². The zero-order valence-corrected chi connectivity index (χ0v) is 16.2. The molecule has 0 N–H and O–H groups in total. The molecule has 6 heteroatoms. The Balaban J connectivity index is 1.79. The normalized spacial score (nSPS) is 19.3. The van der Waals surface area contributed by atoms with Gasteiger partial charge in [-0.05, 0) is 32.4 Å². The van der Waals surface area contributed by atoms with Crippen LogP contribution in [-0.4, -0.2) is 52.0 Å². The highest BCUT2D eigenvalue weighted by atomic mass is 16.7. The monoisotopic (exact) mass is 366 g/mol. The van der Waals surface area contributed by atoms with Crippen molar-refractivity contribution < 1.29 is 9.63 Å². The second-order valence-corrected chi connectivity index (χ2v) is 7.01. The van der Waals surface area contributed by atoms with E-state index in [4.69, 9.17) is 4.84 Å². The molecule has 1 aromatic rings. The minimum atomic E-state index is 0.0156. The summed E-state index contributed by atoms with van der Waals surface area (Å²) in [5.74, 6) is 1.11. The van der Waals surface area contributed by atoms with E-state index in [0.717, 1.165) is 30.2 Å². The first kappa shape index (κ1) is 17.7. The fourth-order valence-electron chi connectivity index (χ4n) is 3.88. The minimum Gasteiger partial charge on any atom is -0.352 e. The van der Waals surface area contributed by atoms with Crippen LogP contribution in [0, 0.1) is 0 Å². The lowest BCUT2D eigenvalue weighted by atomic mass is 10.1. The van der Waals surface area contributed by atoms with Gasteiger partial charge < -0.3 is 4.90 Å². The Kier molecular flexibility index (Phi) is 4.66. The zero-order valence-electron chi connectivity index (χ0n) is 16.2. The number of fused-ring (bicyclic) bond motifs is 2. The highest BCUT2D eigenvalue weighted by Gasteiger charge is 2.42. The van der Waals surface area contributed by atoms with Crippen LogP contribution in [0.4, 0.5) is 0 Å². The number of carbonyl (C=O) groups is 1. The second-order valence-electron chi connectivity index (χ2n) is 7.01. The van der Waals surface area contributed by atoms with Crippen molar-refractivity contribution in [1.29, 1.82) is 0 Å². The topological polar surface area (TPSA) is 39.3 Å². The first-order valence-corrected chi connectivity index (χ1v) is 9.53. The highest BCUT2D eigenvalue weighted by molar-refractivity contribution is 5.96. The van der Waals surface area contributed by atoms with Crippen LogP contribution < -0.4 is 0 Å². The molecule has 0 unspecified atom stereocenters. The van der Waals surface area contributed by atoms with Crippen molar-refractivity contribution in [3.05, 3.63) is 71.0 Å². The van der Waals surface area contributed by atoms with E-state index in [0.29, 0.717) is 25.5 Å². The summed E-state index contributed by atoms with van der Waals surface area (Å²) in [6.07, 6.45) is 3.98. The summed E-state index contributed by atoms with van der Waals surface area (Å²) in [4.78, 5) is 25.3. The number of hydrogen-bond donors (Lipinski definition) is 0. The molecule has 0 fully saturated rings. The van der Waals surface area contributed by atoms with Crippen LogP contribution in [0.1, 0.15) is 26.3 Å². The third kappa shape index (κ3) is 3.10. The maximum absolute atomic E-state index is 13.4. The Labute approximate surface area is 160 Å². The molecular formula is C21H26N4O2. The molecule has 6 nitrogen and oxygen atoms in total. The molecule has 0 atom stereocenters. The van der Waals surface area contributed by atoms with Gasteiger partial charge in [-0.25, -0.2) is 5.06 Å². The number of hydrogen-bond acceptors (Lipinski definition) is 5. The van der Waals surface area contributed by atoms with E-state index < -0.39 is 0 Å². The van der Waals surface area contributed by atoms with E-state index in [2.05, 4.69) is 41.9 Å². The van der Waals surface area contributed by atoms with Crippen molar-refractivity contribution in [3.63, 3.8) is 0 Å². The van der Waals surface area contributed by atoms with E-state index in [1.807, 2.05) is 36.2 Å². The maximum Gasteiger partial charge on any atom is 0.277 e. The van der Waals surface area contributed by atoms with Crippen LogP contribution in [0.5, 0.6) is 0 Å². The molecule has 0 aromatic heterocycles. The van der Waals surface area contributed by atoms with Crippen molar-refractivity contribution in [2.75, 3.05) is 26.4 Å². The van der Waals surface area contributed by atoms with Crippen molar-refractivity contribution >= 4 is 5.91 Å². The summed E-state index contributed by atoms with van der Waals surface area (Å²) in [5, 5.41) is 1.75. The standard InChI is InChI=1S/C21H26N4O2/c1-4-22-12-16(3)11-18-20(22)25-15-23(27-5-2)14-19(25)21(26)24(18)13-17-9-7-6-8-10-17/h6-11,14H,4-5,12-13,15H2,1-3H3. The molecule has 27 heavy (non-hydrogen) atoms. The van der Waals surface area contributed by atoms with Gasteiger partial charge in [-0.3, -0.25) is 19.4 Å². The molecule has 4 rings (SSSR count). The molecule has 0 saturated heterocycles. The van der Waals surface area contributed by atoms with E-state index in [1.165, 1.54) is 5.57 Å². The Bertz CT molecular complexity index is 828. The van der Waals surface area contributed by atoms with Crippen LogP contribution in [0.2, 0.25) is 0 Å². The summed E-state index contributed by atoms with van der Waals surface area (Å²) in [5.41, 5.74) is 4.02. The molecular weight excluding hydrogens is 340 g/mol. The number of allylic oxidation sites excluding steroid dienone is 1. The summed E-state index contributed by atoms with van der Waals surface area (Å²) in [7, 11) is 0. The lowest BCUT2D eigenvalue weighted by Crippen LogP contribution is -2.49. The van der Waals surface area contributed by atoms with Crippen LogP contribution in [0.15, 0.2) is 65.4 Å². The number of likely N-dealkylation sites (N-methyl/N-ethyl adjacent to an activating group) is 1. The van der Waals surface area contributed by atoms with Gasteiger partial charge in [-0.1, -0.05) is 35.9 Å². The summed E-state index contributed by atoms with van der Waals surface area (Å²) >= 11 is 0. The Morgan fingerprint density at radius 3 is 2.63 bits per heavy atom. The molecule has 3 aliphatic rings. The van der Waals surface area contributed by atoms with E-state index >= 15 is 0 Å². The quantitative estimate of drug-likeness (QED) is 0.801. The molecule has 1 aromatic carbocycles. The van der Waals surface area contributed by atoms with Crippen LogP contribution >= 0.6 is 0 Å². The van der Waals surface area contributed by atoms with E-state index in [-0.39, 0.29) is 5.91 Å². The minimum absolute atomic E-state index is 0.0156. The third-order valence-corrected chi connectivity index (χ3v) is 5.06. The average Bonchev–Trinajstić information content (AvgIpc) is 3.09. The Morgan fingerprint density at radius 2 is 1.93 bits per heavy atom. The number of nitrogens with zero attached hydrogens (tertiary/aromatic N) is 4. The van der Waals surface area contributed by atoms with Crippen molar-refractivity contribution in [3.8, 4) is 0 Å². The molecule has 0 saturated carbocycles. The van der Waals surface area contributed by atoms with Gasteiger partial charge in [0.15, 0.2) is 0 Å². The molecule has 0 radical (unpaired) electrons. The zero-order chi connectivity index (χ0) is 19.0. The summed E-state index contributed by atoms with van der Waals surface area (Å²) in [6.45, 7) is 9.66. The number of rotatable bonds is 5. The van der Waals surface area contributed by atoms with E-state index in [1.54, 1.807) is 5.06 Å². The Morgan fingerprint density at radius 1 is 1.15 bits per heavy atom. The molecule has 3 aliphatic heterocycles. The largest absolute Gasteiger partial charge is 0.352 e. The van der Waals surface area contributed by atoms with Gasteiger partial charge in [0.1, 0.15) is 18.2 Å². The van der Waals surface area contributed by atoms with Crippen molar-refractivity contribution in [2.24, 2.45) is 0 Å². The molecule has 142 valence electrons. The maximum atomic E-state index is 13.4. The molecule has 0 aliphatic carbocycles. The van der Waals surface area contributed by atoms with Crippen LogP contribution in [0.3, 0.4) is 0 Å². The van der Waals surface area contributed by atoms with Crippen LogP contribution in [-0.2, 0) is 16.2 Å². The van der Waals surface area contributed by atoms with Gasteiger partial charge in [0, 0.05) is 13.1 Å². The smallest absolute Gasteiger partial charge is 0.277 e. The van der Waals surface area contributed by atoms with Crippen molar-refractivity contribution in [1.82, 2.24) is 19.8 Å². The second kappa shape index (κ2) is 7.12. The van der Waals surface area contributed by atoms with Gasteiger partial charge in [-0.15, -0.1) is 0 Å². The fourth-order valence-corrected chi connectivity index (χ4v) is 3.88. The first-order chi connectivity index (χ1) is 13.1. The van der Waals surface area contributed by atoms with E-state index in [9.17, 15) is 4.79 Å². The van der Waals surface area contributed by atoms with Crippen molar-refractivity contribution in [2.45, 2.75) is 27.3 Å². The molecule has 3 heterocycles. The summed E-state index contributed by atoms with van der Waals surface area (Å²) in [6, 6.07) is 10.1. The lowest BCUT2D eigenvalue weighted by molar-refractivity contribution is -0.131. The van der Waals surface area contributed by atoms with Gasteiger partial charge >= 0.3 is 0 Å². The third-order valence-electron chi connectivity index (χ3n) is 5.06. The molecule has 1 amide bonds. The number of benzene rings is 1. The predicted octanol–water partition coefficient (Wildman–Crippen LogP) is 2.85. The highest BCUT2D eigenvalue weighted by Crippen LogP contribution is 2.37. The van der Waals surface area contributed by atoms with Gasteiger partial charge in [0.05, 0.1) is 25.0 Å². The first-order valence-electron chi connectivity index (χ1n) is 9.53. The SMILES string of the molecule is CCON1C=C2C(=O)N(Cc3ccccc3)C3=C(N(CC)CC(C)=C3)N2C1. The number of carbonyl (C=O) groups excluding carboxylic acids is 1.